The number of aliphatic carboxylic acids is 1. The fourth-order valence-electron chi connectivity index (χ4n) is 4.23. The summed E-state index contributed by atoms with van der Waals surface area (Å²) in [5, 5.41) is 9.62. The Kier molecular flexibility index (Phi) is 5.87. The van der Waals surface area contributed by atoms with Crippen molar-refractivity contribution in [3.05, 3.63) is 64.1 Å². The molecule has 1 fully saturated rings. The summed E-state index contributed by atoms with van der Waals surface area (Å²) in [6, 6.07) is 13.1. The Morgan fingerprint density at radius 1 is 1.29 bits per heavy atom. The van der Waals surface area contributed by atoms with Gasteiger partial charge in [-0.2, -0.15) is 0 Å². The molecule has 7 heteroatoms. The van der Waals surface area contributed by atoms with E-state index >= 15 is 0 Å². The lowest BCUT2D eigenvalue weighted by atomic mass is 9.91. The zero-order valence-electron chi connectivity index (χ0n) is 17.8. The van der Waals surface area contributed by atoms with E-state index in [0.29, 0.717) is 43.9 Å². The van der Waals surface area contributed by atoms with E-state index in [9.17, 15) is 14.7 Å². The van der Waals surface area contributed by atoms with Gasteiger partial charge in [-0.1, -0.05) is 31.2 Å². The Morgan fingerprint density at radius 3 is 2.84 bits per heavy atom. The van der Waals surface area contributed by atoms with Crippen LogP contribution in [-0.4, -0.2) is 34.5 Å². The molecule has 1 aromatic heterocycles. The van der Waals surface area contributed by atoms with Gasteiger partial charge in [0.25, 0.3) is 0 Å². The number of carboxylic acids is 1. The van der Waals surface area contributed by atoms with Crippen LogP contribution in [0.1, 0.15) is 30.9 Å². The van der Waals surface area contributed by atoms with E-state index in [1.165, 1.54) is 0 Å². The molecule has 2 atom stereocenters. The van der Waals surface area contributed by atoms with Crippen LogP contribution in [0.5, 0.6) is 5.75 Å². The van der Waals surface area contributed by atoms with Gasteiger partial charge in [-0.15, -0.1) is 0 Å². The molecule has 31 heavy (non-hydrogen) atoms. The Labute approximate surface area is 180 Å². The van der Waals surface area contributed by atoms with Gasteiger partial charge in [0.2, 0.25) is 0 Å². The molecule has 0 saturated carbocycles. The molecule has 1 saturated heterocycles. The van der Waals surface area contributed by atoms with Crippen LogP contribution in [0.15, 0.2) is 51.7 Å². The number of carboxylic acid groups (broad SMARTS) is 1. The highest BCUT2D eigenvalue weighted by Gasteiger charge is 2.42. The minimum Gasteiger partial charge on any atom is -0.493 e. The molecule has 4 rings (SSSR count). The Bertz CT molecular complexity index is 1140. The van der Waals surface area contributed by atoms with Crippen molar-refractivity contribution in [1.82, 2.24) is 4.57 Å². The van der Waals surface area contributed by atoms with Crippen molar-refractivity contribution in [1.29, 1.82) is 0 Å². The minimum atomic E-state index is -1.15. The fraction of sp³-hybridized carbons (Fsp3) is 0.417. The first-order valence-electron chi connectivity index (χ1n) is 10.6. The summed E-state index contributed by atoms with van der Waals surface area (Å²) >= 11 is 0. The average Bonchev–Trinajstić information content (AvgIpc) is 3.33. The minimum absolute atomic E-state index is 0.0605. The Hall–Kier alpha value is -3.06. The van der Waals surface area contributed by atoms with E-state index in [0.717, 1.165) is 23.1 Å². The lowest BCUT2D eigenvalue weighted by Crippen LogP contribution is -2.40. The molecule has 0 amide bonds. The number of para-hydroxylation sites is 1. The third kappa shape index (κ3) is 4.37. The van der Waals surface area contributed by atoms with E-state index in [1.807, 2.05) is 50.2 Å². The van der Waals surface area contributed by atoms with Gasteiger partial charge >= 0.3 is 11.7 Å². The Balaban J connectivity index is 1.42. The second-order valence-electron chi connectivity index (χ2n) is 8.39. The zero-order chi connectivity index (χ0) is 22.0. The van der Waals surface area contributed by atoms with Crippen LogP contribution in [0.25, 0.3) is 11.1 Å². The second-order valence-corrected chi connectivity index (χ2v) is 8.39. The molecule has 1 aliphatic heterocycles. The maximum absolute atomic E-state index is 12.3. The molecule has 0 aliphatic carbocycles. The van der Waals surface area contributed by atoms with Crippen molar-refractivity contribution < 1.29 is 23.8 Å². The molecule has 0 spiro atoms. The topological polar surface area (TPSA) is 90.9 Å². The number of hydrogen-bond acceptors (Lipinski definition) is 5. The first-order chi connectivity index (χ1) is 14.9. The van der Waals surface area contributed by atoms with Crippen LogP contribution in [0.3, 0.4) is 0 Å². The molecule has 1 N–H and O–H groups in total. The first-order valence-corrected chi connectivity index (χ1v) is 10.6. The lowest BCUT2D eigenvalue weighted by Gasteiger charge is -2.23. The van der Waals surface area contributed by atoms with Crippen LogP contribution in [0, 0.1) is 12.8 Å². The third-order valence-corrected chi connectivity index (χ3v) is 5.80. The number of aromatic nitrogens is 1. The standard InChI is InChI=1S/C24H27NO6/c1-16(14-25-21-17(2)6-3-9-20(21)31-23(25)28)15-29-19-8-4-7-18(12-19)13-24(22(26)27)10-5-11-30-24/h3-4,6-9,12,16H,5,10-11,13-15H2,1-2H3,(H,26,27)/t16-,24?/m0/s1. The summed E-state index contributed by atoms with van der Waals surface area (Å²) in [5.74, 6) is -0.555. The van der Waals surface area contributed by atoms with Crippen molar-refractivity contribution in [3.63, 3.8) is 0 Å². The van der Waals surface area contributed by atoms with Crippen molar-refractivity contribution in [2.45, 2.75) is 45.3 Å². The van der Waals surface area contributed by atoms with Crippen molar-refractivity contribution in [2.24, 2.45) is 5.92 Å². The second kappa shape index (κ2) is 8.59. The number of rotatable bonds is 8. The number of oxazole rings is 1. The van der Waals surface area contributed by atoms with Gasteiger partial charge in [0.05, 0.1) is 12.1 Å². The zero-order valence-corrected chi connectivity index (χ0v) is 17.8. The van der Waals surface area contributed by atoms with Crippen molar-refractivity contribution in [3.8, 4) is 5.75 Å². The Morgan fingerprint density at radius 2 is 2.10 bits per heavy atom. The van der Waals surface area contributed by atoms with Gasteiger partial charge in [0.15, 0.2) is 11.2 Å². The first kappa shape index (κ1) is 21.2. The summed E-state index contributed by atoms with van der Waals surface area (Å²) in [6.45, 7) is 5.33. The van der Waals surface area contributed by atoms with Gasteiger partial charge in [-0.3, -0.25) is 4.57 Å². The molecule has 164 valence electrons. The number of carbonyl (C=O) groups is 1. The van der Waals surface area contributed by atoms with Crippen molar-refractivity contribution in [2.75, 3.05) is 13.2 Å². The molecule has 2 aromatic carbocycles. The largest absolute Gasteiger partial charge is 0.493 e. The maximum Gasteiger partial charge on any atom is 0.419 e. The number of benzene rings is 2. The average molecular weight is 425 g/mol. The summed E-state index contributed by atoms with van der Waals surface area (Å²) < 4.78 is 18.6. The predicted molar refractivity (Wildman–Crippen MR) is 116 cm³/mol. The quantitative estimate of drug-likeness (QED) is 0.590. The number of fused-ring (bicyclic) bond motifs is 1. The van der Waals surface area contributed by atoms with Gasteiger partial charge in [-0.05, 0) is 49.1 Å². The summed E-state index contributed by atoms with van der Waals surface area (Å²) in [4.78, 5) is 24.0. The highest BCUT2D eigenvalue weighted by atomic mass is 16.5. The third-order valence-electron chi connectivity index (χ3n) is 5.80. The van der Waals surface area contributed by atoms with Gasteiger partial charge < -0.3 is 19.0 Å². The van der Waals surface area contributed by atoms with Gasteiger partial charge in [0, 0.05) is 25.5 Å². The molecule has 0 radical (unpaired) electrons. The van der Waals surface area contributed by atoms with Crippen LogP contribution in [-0.2, 0) is 22.5 Å². The van der Waals surface area contributed by atoms with E-state index < -0.39 is 11.6 Å². The van der Waals surface area contributed by atoms with Crippen LogP contribution in [0.2, 0.25) is 0 Å². The van der Waals surface area contributed by atoms with Gasteiger partial charge in [-0.25, -0.2) is 9.59 Å². The SMILES string of the molecule is Cc1cccc2oc(=O)n(C[C@H](C)COc3cccc(CC4(C(=O)O)CCCO4)c3)c12. The summed E-state index contributed by atoms with van der Waals surface area (Å²) in [6.07, 6.45) is 1.57. The molecule has 0 bridgehead atoms. The normalized spacial score (nSPS) is 19.5. The predicted octanol–water partition coefficient (Wildman–Crippen LogP) is 3.79. The molecular weight excluding hydrogens is 398 g/mol. The molecular formula is C24H27NO6. The van der Waals surface area contributed by atoms with Crippen LogP contribution >= 0.6 is 0 Å². The van der Waals surface area contributed by atoms with E-state index in [-0.39, 0.29) is 11.7 Å². The molecule has 2 heterocycles. The maximum atomic E-state index is 12.3. The monoisotopic (exact) mass is 425 g/mol. The van der Waals surface area contributed by atoms with E-state index in [1.54, 1.807) is 10.6 Å². The molecule has 1 aliphatic rings. The van der Waals surface area contributed by atoms with Crippen LogP contribution in [0.4, 0.5) is 0 Å². The highest BCUT2D eigenvalue weighted by Crippen LogP contribution is 2.31. The molecule has 7 nitrogen and oxygen atoms in total. The van der Waals surface area contributed by atoms with E-state index in [4.69, 9.17) is 13.9 Å². The number of aryl methyl sites for hydroxylation is 1. The smallest absolute Gasteiger partial charge is 0.419 e. The lowest BCUT2D eigenvalue weighted by molar-refractivity contribution is -0.159. The molecule has 1 unspecified atom stereocenters. The highest BCUT2D eigenvalue weighted by molar-refractivity contribution is 5.78. The fourth-order valence-corrected chi connectivity index (χ4v) is 4.23. The number of ether oxygens (including phenoxy) is 2. The van der Waals surface area contributed by atoms with Crippen LogP contribution < -0.4 is 10.5 Å². The molecule has 3 aromatic rings. The number of hydrogen-bond donors (Lipinski definition) is 1. The number of nitrogens with zero attached hydrogens (tertiary/aromatic N) is 1. The van der Waals surface area contributed by atoms with Crippen molar-refractivity contribution >= 4 is 17.1 Å². The van der Waals surface area contributed by atoms with Gasteiger partial charge in [0.1, 0.15) is 5.75 Å². The summed E-state index contributed by atoms with van der Waals surface area (Å²) in [5.41, 5.74) is 2.12. The summed E-state index contributed by atoms with van der Waals surface area (Å²) in [7, 11) is 0. The van der Waals surface area contributed by atoms with E-state index in [2.05, 4.69) is 0 Å².